The van der Waals surface area contributed by atoms with Crippen molar-refractivity contribution in [2.45, 2.75) is 65.6 Å². The lowest BCUT2D eigenvalue weighted by Crippen LogP contribution is -2.59. The number of hydroxylamine groups is 2. The molecule has 0 saturated carbocycles. The van der Waals surface area contributed by atoms with Crippen LogP contribution in [0.25, 0.3) is 0 Å². The maximum Gasteiger partial charge on any atom is 0.339 e. The van der Waals surface area contributed by atoms with Gasteiger partial charge in [0.25, 0.3) is 0 Å². The third-order valence-electron chi connectivity index (χ3n) is 3.26. The highest BCUT2D eigenvalue weighted by molar-refractivity contribution is 5.78. The Morgan fingerprint density at radius 3 is 1.86 bits per heavy atom. The van der Waals surface area contributed by atoms with Gasteiger partial charge in [0.15, 0.2) is 5.60 Å². The highest BCUT2D eigenvalue weighted by Gasteiger charge is 2.48. The maximum absolute atomic E-state index is 11.8. The van der Waals surface area contributed by atoms with Crippen LogP contribution in [0.2, 0.25) is 0 Å². The number of methoxy groups -OCH3 is 1. The number of esters is 1. The Kier molecular flexibility index (Phi) is 6.13. The molecule has 7 heteroatoms. The number of nitriles is 1. The van der Waals surface area contributed by atoms with Crippen LogP contribution >= 0.6 is 0 Å². The normalized spacial score (nSPS) is 14.4. The molecule has 1 atom stereocenters. The lowest BCUT2D eigenvalue weighted by molar-refractivity contribution is -0.293. The molecule has 0 saturated heterocycles. The molecule has 0 spiro atoms. The summed E-state index contributed by atoms with van der Waals surface area (Å²) in [6.07, 6.45) is 0. The van der Waals surface area contributed by atoms with Gasteiger partial charge in [-0.3, -0.25) is 9.63 Å². The second-order valence-electron chi connectivity index (χ2n) is 7.15. The molecule has 0 aliphatic rings. The van der Waals surface area contributed by atoms with E-state index in [0.717, 1.165) is 0 Å². The number of hydrogen-bond donors (Lipinski definition) is 1. The van der Waals surface area contributed by atoms with Crippen LogP contribution in [-0.4, -0.2) is 46.4 Å². The fourth-order valence-electron chi connectivity index (χ4n) is 1.73. The van der Waals surface area contributed by atoms with Gasteiger partial charge in [-0.25, -0.2) is 4.79 Å². The molecule has 7 nitrogen and oxygen atoms in total. The number of hydrogen-bond acceptors (Lipinski definition) is 6. The Balaban J connectivity index is 5.81. The molecule has 0 fully saturated rings. The van der Waals surface area contributed by atoms with Crippen LogP contribution in [0.5, 0.6) is 0 Å². The van der Waals surface area contributed by atoms with Crippen molar-refractivity contribution in [1.82, 2.24) is 5.06 Å². The third kappa shape index (κ3) is 4.42. The number of carboxylic acids is 1. The minimum Gasteiger partial charge on any atom is -0.481 e. The first kappa shape index (κ1) is 20.3. The van der Waals surface area contributed by atoms with Crippen LogP contribution in [0.4, 0.5) is 0 Å². The van der Waals surface area contributed by atoms with Gasteiger partial charge >= 0.3 is 11.9 Å². The van der Waals surface area contributed by atoms with E-state index in [-0.39, 0.29) is 0 Å². The van der Waals surface area contributed by atoms with Crippen LogP contribution < -0.4 is 0 Å². The molecular weight excluding hydrogens is 288 g/mol. The van der Waals surface area contributed by atoms with Gasteiger partial charge < -0.3 is 9.84 Å². The van der Waals surface area contributed by atoms with E-state index < -0.39 is 34.5 Å². The first-order valence-electron chi connectivity index (χ1n) is 6.91. The van der Waals surface area contributed by atoms with Crippen LogP contribution in [0, 0.1) is 16.7 Å². The van der Waals surface area contributed by atoms with Crippen LogP contribution in [0.15, 0.2) is 0 Å². The third-order valence-corrected chi connectivity index (χ3v) is 3.26. The Morgan fingerprint density at radius 2 is 1.59 bits per heavy atom. The number of carbonyl (C=O) groups is 2. The molecule has 0 radical (unpaired) electrons. The van der Waals surface area contributed by atoms with Gasteiger partial charge in [-0.15, -0.1) is 0 Å². The highest BCUT2D eigenvalue weighted by atomic mass is 16.7. The van der Waals surface area contributed by atoms with E-state index >= 15 is 0 Å². The number of carbonyl (C=O) groups excluding carboxylic acids is 1. The zero-order chi connectivity index (χ0) is 17.9. The summed E-state index contributed by atoms with van der Waals surface area (Å²) in [6.45, 7) is 11.2. The topological polar surface area (TPSA) is 99.9 Å². The van der Waals surface area contributed by atoms with E-state index in [4.69, 9.17) is 4.84 Å². The molecule has 1 unspecified atom stereocenters. The van der Waals surface area contributed by atoms with Crippen molar-refractivity contribution < 1.29 is 24.3 Å². The smallest absolute Gasteiger partial charge is 0.339 e. The minimum absolute atomic E-state index is 0.619. The number of carboxylic acid groups (broad SMARTS) is 1. The predicted octanol–water partition coefficient (Wildman–Crippen LogP) is 1.97. The largest absolute Gasteiger partial charge is 0.481 e. The standard InChI is InChI=1S/C15H26N2O5/c1-13(2,3)17(22-15(6,7)12(20)21-8)10(9-16)14(4,5)11(18)19/h10H,1-8H3,(H,18,19). The molecule has 0 aromatic carbocycles. The highest BCUT2D eigenvalue weighted by Crippen LogP contribution is 2.33. The van der Waals surface area contributed by atoms with Crippen molar-refractivity contribution in [2.75, 3.05) is 7.11 Å². The van der Waals surface area contributed by atoms with E-state index in [0.29, 0.717) is 0 Å². The molecule has 0 rings (SSSR count). The lowest BCUT2D eigenvalue weighted by Gasteiger charge is -2.44. The second-order valence-corrected chi connectivity index (χ2v) is 7.15. The second kappa shape index (κ2) is 6.63. The Morgan fingerprint density at radius 1 is 1.14 bits per heavy atom. The zero-order valence-electron chi connectivity index (χ0n) is 14.6. The van der Waals surface area contributed by atoms with Crippen LogP contribution in [-0.2, 0) is 19.2 Å². The molecular formula is C15H26N2O5. The number of ether oxygens (including phenoxy) is 1. The lowest BCUT2D eigenvalue weighted by atomic mass is 9.83. The summed E-state index contributed by atoms with van der Waals surface area (Å²) in [4.78, 5) is 29.0. The van der Waals surface area contributed by atoms with Crippen LogP contribution in [0.3, 0.4) is 0 Å². The van der Waals surface area contributed by atoms with Crippen molar-refractivity contribution in [3.63, 3.8) is 0 Å². The number of rotatable bonds is 6. The quantitative estimate of drug-likeness (QED) is 0.591. The van der Waals surface area contributed by atoms with E-state index in [1.54, 1.807) is 20.8 Å². The SMILES string of the molecule is COC(=O)C(C)(C)ON(C(C#N)C(C)(C)C(=O)O)C(C)(C)C. The van der Waals surface area contributed by atoms with Gasteiger partial charge in [0, 0.05) is 5.54 Å². The van der Waals surface area contributed by atoms with Crippen molar-refractivity contribution in [1.29, 1.82) is 5.26 Å². The molecule has 22 heavy (non-hydrogen) atoms. The van der Waals surface area contributed by atoms with Crippen molar-refractivity contribution in [3.05, 3.63) is 0 Å². The summed E-state index contributed by atoms with van der Waals surface area (Å²) in [7, 11) is 1.23. The number of nitrogens with zero attached hydrogens (tertiary/aromatic N) is 2. The zero-order valence-corrected chi connectivity index (χ0v) is 14.6. The van der Waals surface area contributed by atoms with Crippen molar-refractivity contribution in [2.24, 2.45) is 5.41 Å². The average molecular weight is 314 g/mol. The molecule has 0 bridgehead atoms. The monoisotopic (exact) mass is 314 g/mol. The summed E-state index contributed by atoms with van der Waals surface area (Å²) in [5.74, 6) is -1.75. The van der Waals surface area contributed by atoms with E-state index in [1.165, 1.54) is 39.9 Å². The molecule has 0 aromatic heterocycles. The van der Waals surface area contributed by atoms with Gasteiger partial charge in [-0.1, -0.05) is 0 Å². The molecule has 0 amide bonds. The van der Waals surface area contributed by atoms with E-state index in [1.807, 2.05) is 6.07 Å². The molecule has 0 aliphatic carbocycles. The first-order valence-corrected chi connectivity index (χ1v) is 6.91. The fraction of sp³-hybridized carbons (Fsp3) is 0.800. The van der Waals surface area contributed by atoms with E-state index in [2.05, 4.69) is 4.74 Å². The van der Waals surface area contributed by atoms with Gasteiger partial charge in [-0.05, 0) is 48.5 Å². The first-order chi connectivity index (χ1) is 9.71. The van der Waals surface area contributed by atoms with E-state index in [9.17, 15) is 20.0 Å². The average Bonchev–Trinajstić information content (AvgIpc) is 2.35. The summed E-state index contributed by atoms with van der Waals surface area (Å²) in [5.41, 5.74) is -3.46. The Bertz CT molecular complexity index is 471. The van der Waals surface area contributed by atoms with Gasteiger partial charge in [0.05, 0.1) is 18.6 Å². The Hall–Kier alpha value is -1.65. The van der Waals surface area contributed by atoms with Gasteiger partial charge in [0.1, 0.15) is 6.04 Å². The summed E-state index contributed by atoms with van der Waals surface area (Å²) >= 11 is 0. The summed E-state index contributed by atoms with van der Waals surface area (Å²) in [5, 5.41) is 20.1. The summed E-state index contributed by atoms with van der Waals surface area (Å²) < 4.78 is 4.69. The van der Waals surface area contributed by atoms with Gasteiger partial charge in [-0.2, -0.15) is 10.3 Å². The van der Waals surface area contributed by atoms with Crippen molar-refractivity contribution >= 4 is 11.9 Å². The summed E-state index contributed by atoms with van der Waals surface area (Å²) in [6, 6.07) is 0.875. The maximum atomic E-state index is 11.8. The molecule has 0 aromatic rings. The van der Waals surface area contributed by atoms with Gasteiger partial charge in [0.2, 0.25) is 0 Å². The fourth-order valence-corrected chi connectivity index (χ4v) is 1.73. The minimum atomic E-state index is -1.39. The van der Waals surface area contributed by atoms with Crippen LogP contribution in [0.1, 0.15) is 48.5 Å². The molecule has 0 heterocycles. The molecule has 1 N–H and O–H groups in total. The Labute approximate surface area is 131 Å². The van der Waals surface area contributed by atoms with Crippen molar-refractivity contribution in [3.8, 4) is 6.07 Å². The number of aliphatic carboxylic acids is 1. The molecule has 126 valence electrons. The predicted molar refractivity (Wildman–Crippen MR) is 79.6 cm³/mol. The molecule has 0 aliphatic heterocycles.